The lowest BCUT2D eigenvalue weighted by molar-refractivity contribution is 0.102. The molecule has 1 N–H and O–H groups in total. The molecular weight excluding hydrogens is 278 g/mol. The fraction of sp³-hybridized carbons (Fsp3) is 0.278. The Labute approximate surface area is 131 Å². The maximum atomic E-state index is 12.3. The summed E-state index contributed by atoms with van der Waals surface area (Å²) in [6.07, 6.45) is 0. The van der Waals surface area contributed by atoms with Crippen LogP contribution < -0.4 is 10.1 Å². The van der Waals surface area contributed by atoms with Crippen molar-refractivity contribution < 1.29 is 14.3 Å². The highest BCUT2D eigenvalue weighted by molar-refractivity contribution is 6.04. The van der Waals surface area contributed by atoms with Gasteiger partial charge in [0.1, 0.15) is 12.4 Å². The number of carbonyl (C=O) groups excluding carboxylic acids is 1. The van der Waals surface area contributed by atoms with Crippen LogP contribution in [0.3, 0.4) is 0 Å². The van der Waals surface area contributed by atoms with E-state index < -0.39 is 0 Å². The lowest BCUT2D eigenvalue weighted by atomic mass is 10.1. The highest BCUT2D eigenvalue weighted by Crippen LogP contribution is 2.19. The average molecular weight is 299 g/mol. The Bertz CT molecular complexity index is 635. The third-order valence-electron chi connectivity index (χ3n) is 3.53. The normalized spacial score (nSPS) is 10.3. The maximum Gasteiger partial charge on any atom is 0.255 e. The molecule has 0 fully saturated rings. The average Bonchev–Trinajstić information content (AvgIpc) is 2.53. The van der Waals surface area contributed by atoms with E-state index >= 15 is 0 Å². The standard InChI is InChI=1S/C18H21NO3/c1-13-5-4-6-17(14(13)2)19-18(20)15-7-9-16(10-8-15)22-12-11-21-3/h4-10H,11-12H2,1-3H3,(H,19,20). The highest BCUT2D eigenvalue weighted by atomic mass is 16.5. The van der Waals surface area contributed by atoms with Crippen LogP contribution in [0.15, 0.2) is 42.5 Å². The molecule has 1 amide bonds. The molecule has 0 heterocycles. The van der Waals surface area contributed by atoms with Crippen LogP contribution in [0, 0.1) is 13.8 Å². The van der Waals surface area contributed by atoms with Crippen LogP contribution in [0.1, 0.15) is 21.5 Å². The van der Waals surface area contributed by atoms with Gasteiger partial charge in [0.2, 0.25) is 0 Å². The van der Waals surface area contributed by atoms with Gasteiger partial charge in [-0.3, -0.25) is 4.79 Å². The Morgan fingerprint density at radius 2 is 1.77 bits per heavy atom. The predicted octanol–water partition coefficient (Wildman–Crippen LogP) is 3.58. The van der Waals surface area contributed by atoms with Gasteiger partial charge in [-0.15, -0.1) is 0 Å². The monoisotopic (exact) mass is 299 g/mol. The van der Waals surface area contributed by atoms with Gasteiger partial charge in [0.15, 0.2) is 0 Å². The lowest BCUT2D eigenvalue weighted by Crippen LogP contribution is -2.13. The first-order valence-corrected chi connectivity index (χ1v) is 7.21. The number of nitrogens with one attached hydrogen (secondary N) is 1. The van der Waals surface area contributed by atoms with E-state index in [1.165, 1.54) is 0 Å². The molecule has 116 valence electrons. The zero-order valence-electron chi connectivity index (χ0n) is 13.2. The third-order valence-corrected chi connectivity index (χ3v) is 3.53. The van der Waals surface area contributed by atoms with E-state index in [-0.39, 0.29) is 5.91 Å². The number of hydrogen-bond donors (Lipinski definition) is 1. The van der Waals surface area contributed by atoms with Crippen LogP contribution in [0.5, 0.6) is 5.75 Å². The van der Waals surface area contributed by atoms with Crippen molar-refractivity contribution >= 4 is 11.6 Å². The quantitative estimate of drug-likeness (QED) is 0.829. The van der Waals surface area contributed by atoms with E-state index in [1.54, 1.807) is 31.4 Å². The van der Waals surface area contributed by atoms with Crippen molar-refractivity contribution in [1.29, 1.82) is 0 Å². The number of benzene rings is 2. The van der Waals surface area contributed by atoms with E-state index in [9.17, 15) is 4.79 Å². The molecule has 4 heteroatoms. The van der Waals surface area contributed by atoms with Gasteiger partial charge in [0.25, 0.3) is 5.91 Å². The van der Waals surface area contributed by atoms with Crippen LogP contribution in [0.25, 0.3) is 0 Å². The molecule has 0 radical (unpaired) electrons. The second-order valence-electron chi connectivity index (χ2n) is 5.07. The van der Waals surface area contributed by atoms with E-state index in [2.05, 4.69) is 5.32 Å². The number of aryl methyl sites for hydroxylation is 1. The summed E-state index contributed by atoms with van der Waals surface area (Å²) in [6.45, 7) is 5.05. The molecular formula is C18H21NO3. The van der Waals surface area contributed by atoms with Crippen molar-refractivity contribution in [3.8, 4) is 5.75 Å². The maximum absolute atomic E-state index is 12.3. The molecule has 2 aromatic carbocycles. The smallest absolute Gasteiger partial charge is 0.255 e. The molecule has 2 aromatic rings. The molecule has 0 spiro atoms. The van der Waals surface area contributed by atoms with Crippen molar-refractivity contribution in [1.82, 2.24) is 0 Å². The Morgan fingerprint density at radius 1 is 1.05 bits per heavy atom. The zero-order chi connectivity index (χ0) is 15.9. The minimum absolute atomic E-state index is 0.128. The van der Waals surface area contributed by atoms with Crippen LogP contribution in [0.4, 0.5) is 5.69 Å². The number of ether oxygens (including phenoxy) is 2. The molecule has 2 rings (SSSR count). The number of carbonyl (C=O) groups is 1. The van der Waals surface area contributed by atoms with Gasteiger partial charge in [-0.2, -0.15) is 0 Å². The van der Waals surface area contributed by atoms with E-state index in [0.29, 0.717) is 18.8 Å². The Balaban J connectivity index is 2.02. The molecule has 0 aliphatic rings. The van der Waals surface area contributed by atoms with Gasteiger partial charge in [-0.25, -0.2) is 0 Å². The van der Waals surface area contributed by atoms with E-state index in [0.717, 1.165) is 22.6 Å². The summed E-state index contributed by atoms with van der Waals surface area (Å²) in [5.74, 6) is 0.595. The largest absolute Gasteiger partial charge is 0.491 e. The first-order chi connectivity index (χ1) is 10.6. The van der Waals surface area contributed by atoms with Crippen LogP contribution in [-0.2, 0) is 4.74 Å². The molecule has 0 aromatic heterocycles. The number of amides is 1. The first-order valence-electron chi connectivity index (χ1n) is 7.21. The molecule has 0 aliphatic carbocycles. The summed E-state index contributed by atoms with van der Waals surface area (Å²) in [5.41, 5.74) is 3.67. The van der Waals surface area contributed by atoms with Crippen molar-refractivity contribution in [2.45, 2.75) is 13.8 Å². The van der Waals surface area contributed by atoms with Gasteiger partial charge in [-0.05, 0) is 55.3 Å². The summed E-state index contributed by atoms with van der Waals surface area (Å²) in [7, 11) is 1.63. The summed E-state index contributed by atoms with van der Waals surface area (Å²) in [6, 6.07) is 12.9. The van der Waals surface area contributed by atoms with Crippen molar-refractivity contribution in [3.05, 3.63) is 59.2 Å². The number of anilines is 1. The van der Waals surface area contributed by atoms with Crippen LogP contribution >= 0.6 is 0 Å². The fourth-order valence-electron chi connectivity index (χ4n) is 2.03. The summed E-state index contributed by atoms with van der Waals surface area (Å²) < 4.78 is 10.4. The summed E-state index contributed by atoms with van der Waals surface area (Å²) >= 11 is 0. The lowest BCUT2D eigenvalue weighted by Gasteiger charge is -2.11. The Kier molecular flexibility index (Phi) is 5.55. The second kappa shape index (κ2) is 7.61. The van der Waals surface area contributed by atoms with E-state index in [4.69, 9.17) is 9.47 Å². The van der Waals surface area contributed by atoms with Gasteiger partial charge in [0, 0.05) is 18.4 Å². The molecule has 4 nitrogen and oxygen atoms in total. The van der Waals surface area contributed by atoms with Crippen molar-refractivity contribution in [2.75, 3.05) is 25.6 Å². The van der Waals surface area contributed by atoms with E-state index in [1.807, 2.05) is 32.0 Å². The van der Waals surface area contributed by atoms with Crippen LogP contribution in [-0.4, -0.2) is 26.2 Å². The topological polar surface area (TPSA) is 47.6 Å². The minimum Gasteiger partial charge on any atom is -0.491 e. The molecule has 0 bridgehead atoms. The van der Waals surface area contributed by atoms with Crippen molar-refractivity contribution in [3.63, 3.8) is 0 Å². The van der Waals surface area contributed by atoms with Gasteiger partial charge in [0.05, 0.1) is 6.61 Å². The van der Waals surface area contributed by atoms with Gasteiger partial charge in [-0.1, -0.05) is 12.1 Å². The Hall–Kier alpha value is -2.33. The first kappa shape index (κ1) is 16.0. The predicted molar refractivity (Wildman–Crippen MR) is 87.7 cm³/mol. The SMILES string of the molecule is COCCOc1ccc(C(=O)Nc2cccc(C)c2C)cc1. The van der Waals surface area contributed by atoms with Crippen molar-refractivity contribution in [2.24, 2.45) is 0 Å². The molecule has 22 heavy (non-hydrogen) atoms. The number of rotatable bonds is 6. The molecule has 0 unspecified atom stereocenters. The zero-order valence-corrected chi connectivity index (χ0v) is 13.2. The fourth-order valence-corrected chi connectivity index (χ4v) is 2.03. The highest BCUT2D eigenvalue weighted by Gasteiger charge is 2.08. The second-order valence-corrected chi connectivity index (χ2v) is 5.07. The minimum atomic E-state index is -0.128. The summed E-state index contributed by atoms with van der Waals surface area (Å²) in [4.78, 5) is 12.3. The molecule has 0 saturated carbocycles. The Morgan fingerprint density at radius 3 is 2.45 bits per heavy atom. The molecule has 0 aliphatic heterocycles. The van der Waals surface area contributed by atoms with Gasteiger partial charge >= 0.3 is 0 Å². The summed E-state index contributed by atoms with van der Waals surface area (Å²) in [5, 5.41) is 2.94. The van der Waals surface area contributed by atoms with Crippen LogP contribution in [0.2, 0.25) is 0 Å². The molecule has 0 saturated heterocycles. The third kappa shape index (κ3) is 4.09. The number of hydrogen-bond acceptors (Lipinski definition) is 3. The molecule has 0 atom stereocenters. The number of methoxy groups -OCH3 is 1. The van der Waals surface area contributed by atoms with Gasteiger partial charge < -0.3 is 14.8 Å².